The fourth-order valence-corrected chi connectivity index (χ4v) is 2.66. The third-order valence-electron chi connectivity index (χ3n) is 3.91. The number of nitrogen functional groups attached to an aromatic ring is 1. The SMILES string of the molecule is CC(=O)c1cc(N2CCCC(N(C)C)C2)ccc1N. The van der Waals surface area contributed by atoms with Crippen LogP contribution in [-0.2, 0) is 0 Å². The van der Waals surface area contributed by atoms with E-state index >= 15 is 0 Å². The van der Waals surface area contributed by atoms with Gasteiger partial charge in [-0.1, -0.05) is 0 Å². The van der Waals surface area contributed by atoms with Crippen LogP contribution >= 0.6 is 0 Å². The number of rotatable bonds is 3. The molecule has 104 valence electrons. The topological polar surface area (TPSA) is 49.6 Å². The highest BCUT2D eigenvalue weighted by Crippen LogP contribution is 2.25. The van der Waals surface area contributed by atoms with Gasteiger partial charge in [0.2, 0.25) is 0 Å². The molecule has 2 rings (SSSR count). The molecule has 0 aromatic heterocycles. The molecule has 1 heterocycles. The summed E-state index contributed by atoms with van der Waals surface area (Å²) in [6.07, 6.45) is 2.42. The number of nitrogens with two attached hydrogens (primary N) is 1. The summed E-state index contributed by atoms with van der Waals surface area (Å²) in [5, 5.41) is 0. The zero-order valence-electron chi connectivity index (χ0n) is 12.0. The van der Waals surface area contributed by atoms with Gasteiger partial charge in [0.25, 0.3) is 0 Å². The van der Waals surface area contributed by atoms with Gasteiger partial charge in [0.05, 0.1) is 0 Å². The second-order valence-electron chi connectivity index (χ2n) is 5.53. The summed E-state index contributed by atoms with van der Waals surface area (Å²) in [5.41, 5.74) is 8.15. The predicted molar refractivity (Wildman–Crippen MR) is 79.8 cm³/mol. The Morgan fingerprint density at radius 3 is 2.79 bits per heavy atom. The molecule has 1 aliphatic rings. The first kappa shape index (κ1) is 13.9. The highest BCUT2D eigenvalue weighted by molar-refractivity contribution is 6.00. The predicted octanol–water partition coefficient (Wildman–Crippen LogP) is 2.00. The Balaban J connectivity index is 2.22. The highest BCUT2D eigenvalue weighted by atomic mass is 16.1. The number of benzene rings is 1. The van der Waals surface area contributed by atoms with E-state index in [1.54, 1.807) is 6.92 Å². The lowest BCUT2D eigenvalue weighted by Crippen LogP contribution is -2.45. The van der Waals surface area contributed by atoms with Crippen molar-refractivity contribution in [1.29, 1.82) is 0 Å². The molecule has 19 heavy (non-hydrogen) atoms. The second-order valence-corrected chi connectivity index (χ2v) is 5.53. The molecule has 1 aromatic rings. The summed E-state index contributed by atoms with van der Waals surface area (Å²) in [5.74, 6) is 0.0283. The smallest absolute Gasteiger partial charge is 0.161 e. The lowest BCUT2D eigenvalue weighted by Gasteiger charge is -2.37. The molecule has 0 aliphatic carbocycles. The number of anilines is 2. The monoisotopic (exact) mass is 261 g/mol. The minimum absolute atomic E-state index is 0.0283. The minimum atomic E-state index is 0.0283. The molecule has 1 unspecified atom stereocenters. The highest BCUT2D eigenvalue weighted by Gasteiger charge is 2.22. The van der Waals surface area contributed by atoms with Gasteiger partial charge < -0.3 is 15.5 Å². The van der Waals surface area contributed by atoms with Crippen LogP contribution < -0.4 is 10.6 Å². The van der Waals surface area contributed by atoms with Crippen molar-refractivity contribution in [3.05, 3.63) is 23.8 Å². The number of carbonyl (C=O) groups is 1. The van der Waals surface area contributed by atoms with Crippen LogP contribution in [0.15, 0.2) is 18.2 Å². The first-order chi connectivity index (χ1) is 8.99. The number of hydrogen-bond donors (Lipinski definition) is 1. The molecule has 0 bridgehead atoms. The van der Waals surface area contributed by atoms with Crippen LogP contribution in [0.2, 0.25) is 0 Å². The molecule has 1 saturated heterocycles. The van der Waals surface area contributed by atoms with Crippen LogP contribution in [0, 0.1) is 0 Å². The van der Waals surface area contributed by atoms with Crippen molar-refractivity contribution in [3.8, 4) is 0 Å². The Morgan fingerprint density at radius 2 is 2.16 bits per heavy atom. The van der Waals surface area contributed by atoms with E-state index < -0.39 is 0 Å². The third-order valence-corrected chi connectivity index (χ3v) is 3.91. The van der Waals surface area contributed by atoms with Gasteiger partial charge in [-0.3, -0.25) is 4.79 Å². The summed E-state index contributed by atoms with van der Waals surface area (Å²) in [7, 11) is 4.25. The van der Waals surface area contributed by atoms with E-state index in [-0.39, 0.29) is 5.78 Å². The number of piperidine rings is 1. The van der Waals surface area contributed by atoms with E-state index in [1.807, 2.05) is 18.2 Å². The first-order valence-electron chi connectivity index (χ1n) is 6.81. The lowest BCUT2D eigenvalue weighted by atomic mass is 10.0. The molecule has 2 N–H and O–H groups in total. The van der Waals surface area contributed by atoms with Crippen LogP contribution in [0.25, 0.3) is 0 Å². The van der Waals surface area contributed by atoms with Gasteiger partial charge in [-0.2, -0.15) is 0 Å². The summed E-state index contributed by atoms with van der Waals surface area (Å²) in [6.45, 7) is 3.62. The molecule has 0 saturated carbocycles. The molecule has 4 nitrogen and oxygen atoms in total. The average molecular weight is 261 g/mol. The minimum Gasteiger partial charge on any atom is -0.398 e. The summed E-state index contributed by atoms with van der Waals surface area (Å²) >= 11 is 0. The van der Waals surface area contributed by atoms with Crippen molar-refractivity contribution in [2.24, 2.45) is 0 Å². The zero-order chi connectivity index (χ0) is 14.0. The molecule has 0 spiro atoms. The average Bonchev–Trinajstić information content (AvgIpc) is 2.39. The van der Waals surface area contributed by atoms with Gasteiger partial charge in [0.15, 0.2) is 5.78 Å². The van der Waals surface area contributed by atoms with E-state index in [1.165, 1.54) is 12.8 Å². The van der Waals surface area contributed by atoms with Crippen LogP contribution in [-0.4, -0.2) is 43.9 Å². The lowest BCUT2D eigenvalue weighted by molar-refractivity contribution is 0.101. The summed E-state index contributed by atoms with van der Waals surface area (Å²) < 4.78 is 0. The molecule has 1 aromatic carbocycles. The van der Waals surface area contributed by atoms with Gasteiger partial charge in [0.1, 0.15) is 0 Å². The van der Waals surface area contributed by atoms with Crippen LogP contribution in [0.3, 0.4) is 0 Å². The molecule has 1 fully saturated rings. The fraction of sp³-hybridized carbons (Fsp3) is 0.533. The van der Waals surface area contributed by atoms with E-state index in [0.29, 0.717) is 17.3 Å². The van der Waals surface area contributed by atoms with Crippen molar-refractivity contribution >= 4 is 17.2 Å². The molecular weight excluding hydrogens is 238 g/mol. The first-order valence-corrected chi connectivity index (χ1v) is 6.81. The van der Waals surface area contributed by atoms with Gasteiger partial charge >= 0.3 is 0 Å². The van der Waals surface area contributed by atoms with Gasteiger partial charge in [0, 0.05) is 36.1 Å². The summed E-state index contributed by atoms with van der Waals surface area (Å²) in [6, 6.07) is 6.35. The summed E-state index contributed by atoms with van der Waals surface area (Å²) in [4.78, 5) is 16.2. The normalized spacial score (nSPS) is 19.8. The fourth-order valence-electron chi connectivity index (χ4n) is 2.66. The molecule has 4 heteroatoms. The van der Waals surface area contributed by atoms with E-state index in [4.69, 9.17) is 5.73 Å². The maximum absolute atomic E-state index is 11.6. The number of likely N-dealkylation sites (N-methyl/N-ethyl adjacent to an activating group) is 1. The Hall–Kier alpha value is -1.55. The standard InChI is InChI=1S/C15H23N3O/c1-11(19)14-9-12(6-7-15(14)16)18-8-4-5-13(10-18)17(2)3/h6-7,9,13H,4-5,8,10,16H2,1-3H3. The number of carbonyl (C=O) groups excluding carboxylic acids is 1. The molecule has 1 aliphatic heterocycles. The van der Waals surface area contributed by atoms with Crippen molar-refractivity contribution in [2.45, 2.75) is 25.8 Å². The number of ketones is 1. The molecule has 0 amide bonds. The van der Waals surface area contributed by atoms with Gasteiger partial charge in [-0.15, -0.1) is 0 Å². The zero-order valence-corrected chi connectivity index (χ0v) is 12.0. The third kappa shape index (κ3) is 3.07. The van der Waals surface area contributed by atoms with Gasteiger partial charge in [-0.25, -0.2) is 0 Å². The maximum Gasteiger partial charge on any atom is 0.161 e. The molecule has 0 radical (unpaired) electrons. The van der Waals surface area contributed by atoms with Crippen LogP contribution in [0.1, 0.15) is 30.1 Å². The van der Waals surface area contributed by atoms with Crippen molar-refractivity contribution < 1.29 is 4.79 Å². The Kier molecular flexibility index (Phi) is 4.10. The Bertz CT molecular complexity index is 470. The number of Topliss-reactive ketones (excluding diaryl/α,β-unsaturated/α-hetero) is 1. The molecule has 1 atom stereocenters. The van der Waals surface area contributed by atoms with E-state index in [2.05, 4.69) is 23.9 Å². The second kappa shape index (κ2) is 5.61. The van der Waals surface area contributed by atoms with Crippen LogP contribution in [0.4, 0.5) is 11.4 Å². The molecular formula is C15H23N3O. The maximum atomic E-state index is 11.6. The van der Waals surface area contributed by atoms with Crippen molar-refractivity contribution in [3.63, 3.8) is 0 Å². The van der Waals surface area contributed by atoms with E-state index in [9.17, 15) is 4.79 Å². The van der Waals surface area contributed by atoms with E-state index in [0.717, 1.165) is 18.8 Å². The van der Waals surface area contributed by atoms with Crippen LogP contribution in [0.5, 0.6) is 0 Å². The number of nitrogens with zero attached hydrogens (tertiary/aromatic N) is 2. The van der Waals surface area contributed by atoms with Crippen molar-refractivity contribution in [1.82, 2.24) is 4.90 Å². The largest absolute Gasteiger partial charge is 0.398 e. The quantitative estimate of drug-likeness (QED) is 0.668. The Morgan fingerprint density at radius 1 is 1.42 bits per heavy atom. The van der Waals surface area contributed by atoms with Gasteiger partial charge in [-0.05, 0) is 52.1 Å². The van der Waals surface area contributed by atoms with Crippen molar-refractivity contribution in [2.75, 3.05) is 37.8 Å². The Labute approximate surface area is 115 Å². The number of hydrogen-bond acceptors (Lipinski definition) is 4.